The van der Waals surface area contributed by atoms with Crippen molar-refractivity contribution in [2.24, 2.45) is 0 Å². The minimum Gasteiger partial charge on any atom is -0.454 e. The van der Waals surface area contributed by atoms with E-state index in [2.05, 4.69) is 44.2 Å². The molecule has 1 N–H and O–H groups in total. The Morgan fingerprint density at radius 3 is 2.71 bits per heavy atom. The van der Waals surface area contributed by atoms with Crippen LogP contribution in [0, 0.1) is 6.92 Å². The zero-order chi connectivity index (χ0) is 18.9. The molecule has 0 radical (unpaired) electrons. The van der Waals surface area contributed by atoms with Gasteiger partial charge in [-0.05, 0) is 24.6 Å². The van der Waals surface area contributed by atoms with Crippen LogP contribution in [0.15, 0.2) is 48.8 Å². The van der Waals surface area contributed by atoms with E-state index in [9.17, 15) is 0 Å². The maximum atomic E-state index is 5.61. The summed E-state index contributed by atoms with van der Waals surface area (Å²) in [6.45, 7) is 3.01. The predicted molar refractivity (Wildman–Crippen MR) is 102 cm³/mol. The van der Waals surface area contributed by atoms with Gasteiger partial charge in [-0.25, -0.2) is 4.98 Å². The van der Waals surface area contributed by atoms with Crippen LogP contribution < -0.4 is 9.47 Å². The highest BCUT2D eigenvalue weighted by molar-refractivity contribution is 5.81. The van der Waals surface area contributed by atoms with E-state index in [1.807, 2.05) is 36.7 Å². The van der Waals surface area contributed by atoms with Gasteiger partial charge < -0.3 is 14.0 Å². The van der Waals surface area contributed by atoms with Gasteiger partial charge in [0.2, 0.25) is 6.79 Å². The van der Waals surface area contributed by atoms with Gasteiger partial charge in [-0.1, -0.05) is 35.5 Å². The highest BCUT2D eigenvalue weighted by Crippen LogP contribution is 2.41. The van der Waals surface area contributed by atoms with Crippen molar-refractivity contribution in [3.8, 4) is 34.0 Å². The largest absolute Gasteiger partial charge is 0.454 e. The first-order chi connectivity index (χ1) is 13.8. The number of hydrogen-bond acceptors (Lipinski definition) is 6. The van der Waals surface area contributed by atoms with Crippen molar-refractivity contribution in [1.82, 2.24) is 30.2 Å². The first-order valence-electron chi connectivity index (χ1n) is 9.03. The summed E-state index contributed by atoms with van der Waals surface area (Å²) < 4.78 is 13.3. The highest BCUT2D eigenvalue weighted by atomic mass is 16.7. The SMILES string of the molecule is Cc1cc2c(cc1-c1c(-c3ccccc3)ncn1CCc1nn[nH]n1)OCO2. The van der Waals surface area contributed by atoms with E-state index in [4.69, 9.17) is 14.5 Å². The van der Waals surface area contributed by atoms with Gasteiger partial charge in [0.05, 0.1) is 17.7 Å². The number of fused-ring (bicyclic) bond motifs is 1. The lowest BCUT2D eigenvalue weighted by Crippen LogP contribution is -2.04. The molecule has 3 heterocycles. The molecule has 0 spiro atoms. The van der Waals surface area contributed by atoms with E-state index in [1.54, 1.807) is 0 Å². The molecule has 0 saturated carbocycles. The highest BCUT2D eigenvalue weighted by Gasteiger charge is 2.22. The third-order valence-corrected chi connectivity index (χ3v) is 4.83. The molecule has 28 heavy (non-hydrogen) atoms. The topological polar surface area (TPSA) is 90.7 Å². The molecule has 0 atom stereocenters. The van der Waals surface area contributed by atoms with Crippen LogP contribution in [0.3, 0.4) is 0 Å². The van der Waals surface area contributed by atoms with Crippen LogP contribution in [0.2, 0.25) is 0 Å². The van der Waals surface area contributed by atoms with Crippen molar-refractivity contribution in [1.29, 1.82) is 0 Å². The second-order valence-electron chi connectivity index (χ2n) is 6.60. The number of H-pyrrole nitrogens is 1. The number of nitrogens with zero attached hydrogens (tertiary/aromatic N) is 5. The number of nitrogens with one attached hydrogen (secondary N) is 1. The molecule has 2 aromatic carbocycles. The van der Waals surface area contributed by atoms with Crippen molar-refractivity contribution < 1.29 is 9.47 Å². The smallest absolute Gasteiger partial charge is 0.231 e. The fourth-order valence-corrected chi connectivity index (χ4v) is 3.45. The minimum atomic E-state index is 0.251. The second-order valence-corrected chi connectivity index (χ2v) is 6.60. The number of imidazole rings is 1. The Morgan fingerprint density at radius 2 is 1.93 bits per heavy atom. The Labute approximate surface area is 161 Å². The van der Waals surface area contributed by atoms with Crippen LogP contribution in [-0.2, 0) is 13.0 Å². The molecule has 1 aliphatic heterocycles. The lowest BCUT2D eigenvalue weighted by Gasteiger charge is -2.13. The van der Waals surface area contributed by atoms with Gasteiger partial charge in [-0.3, -0.25) is 0 Å². The molecule has 0 unspecified atom stereocenters. The Morgan fingerprint density at radius 1 is 1.11 bits per heavy atom. The average molecular weight is 374 g/mol. The quantitative estimate of drug-likeness (QED) is 0.577. The Hall–Kier alpha value is -3.68. The number of hydrogen-bond donors (Lipinski definition) is 1. The molecule has 0 bridgehead atoms. The molecule has 4 aromatic rings. The first-order valence-corrected chi connectivity index (χ1v) is 9.03. The van der Waals surface area contributed by atoms with Crippen LogP contribution in [0.1, 0.15) is 11.4 Å². The molecule has 2 aromatic heterocycles. The summed E-state index contributed by atoms with van der Waals surface area (Å²) in [5, 5.41) is 14.2. The number of aromatic amines is 1. The molecule has 0 fully saturated rings. The molecule has 1 aliphatic rings. The Balaban J connectivity index is 1.62. The molecule has 8 nitrogen and oxygen atoms in total. The summed E-state index contributed by atoms with van der Waals surface area (Å²) >= 11 is 0. The van der Waals surface area contributed by atoms with Gasteiger partial charge in [0.15, 0.2) is 17.3 Å². The van der Waals surface area contributed by atoms with Gasteiger partial charge in [0.1, 0.15) is 0 Å². The maximum absolute atomic E-state index is 5.61. The minimum absolute atomic E-state index is 0.251. The fourth-order valence-electron chi connectivity index (χ4n) is 3.45. The number of tetrazole rings is 1. The lowest BCUT2D eigenvalue weighted by molar-refractivity contribution is 0.174. The van der Waals surface area contributed by atoms with Crippen LogP contribution in [-0.4, -0.2) is 37.0 Å². The zero-order valence-electron chi connectivity index (χ0n) is 15.3. The number of aromatic nitrogens is 6. The second kappa shape index (κ2) is 6.80. The average Bonchev–Trinajstić information content (AvgIpc) is 3.46. The molecular formula is C20H18N6O2. The van der Waals surface area contributed by atoms with Gasteiger partial charge in [-0.2, -0.15) is 5.21 Å². The van der Waals surface area contributed by atoms with Gasteiger partial charge >= 0.3 is 0 Å². The van der Waals surface area contributed by atoms with Crippen molar-refractivity contribution in [2.75, 3.05) is 6.79 Å². The normalized spacial score (nSPS) is 12.5. The molecular weight excluding hydrogens is 356 g/mol. The number of benzene rings is 2. The van der Waals surface area contributed by atoms with Crippen LogP contribution in [0.4, 0.5) is 0 Å². The molecule has 0 amide bonds. The maximum Gasteiger partial charge on any atom is 0.231 e. The van der Waals surface area contributed by atoms with E-state index >= 15 is 0 Å². The van der Waals surface area contributed by atoms with Crippen LogP contribution in [0.5, 0.6) is 11.5 Å². The fraction of sp³-hybridized carbons (Fsp3) is 0.200. The van der Waals surface area contributed by atoms with Crippen molar-refractivity contribution in [3.05, 3.63) is 60.2 Å². The number of ether oxygens (including phenoxy) is 2. The first kappa shape index (κ1) is 16.5. The summed E-state index contributed by atoms with van der Waals surface area (Å²) in [5.74, 6) is 2.20. The summed E-state index contributed by atoms with van der Waals surface area (Å²) in [7, 11) is 0. The molecule has 0 saturated heterocycles. The van der Waals surface area contributed by atoms with E-state index in [1.165, 1.54) is 0 Å². The van der Waals surface area contributed by atoms with Crippen LogP contribution in [0.25, 0.3) is 22.5 Å². The standard InChI is InChI=1S/C20H18N6O2/c1-13-9-16-17(28-12-27-16)10-15(13)20-19(14-5-3-2-4-6-14)21-11-26(20)8-7-18-22-24-25-23-18/h2-6,9-11H,7-8,12H2,1H3,(H,22,23,24,25). The molecule has 5 rings (SSSR count). The van der Waals surface area contributed by atoms with E-state index < -0.39 is 0 Å². The lowest BCUT2D eigenvalue weighted by atomic mass is 10.00. The number of rotatable bonds is 5. The van der Waals surface area contributed by atoms with Crippen molar-refractivity contribution in [2.45, 2.75) is 19.9 Å². The van der Waals surface area contributed by atoms with Crippen molar-refractivity contribution in [3.63, 3.8) is 0 Å². The van der Waals surface area contributed by atoms with Gasteiger partial charge in [0.25, 0.3) is 0 Å². The van der Waals surface area contributed by atoms with E-state index in [0.717, 1.165) is 39.6 Å². The molecule has 0 aliphatic carbocycles. The molecule has 8 heteroatoms. The monoisotopic (exact) mass is 374 g/mol. The predicted octanol–water partition coefficient (Wildman–Crippen LogP) is 3.01. The third kappa shape index (κ3) is 2.88. The van der Waals surface area contributed by atoms with Gasteiger partial charge in [0, 0.05) is 24.1 Å². The van der Waals surface area contributed by atoms with E-state index in [0.29, 0.717) is 18.8 Å². The van der Waals surface area contributed by atoms with Crippen LogP contribution >= 0.6 is 0 Å². The molecule has 140 valence electrons. The summed E-state index contributed by atoms with van der Waals surface area (Å²) in [4.78, 5) is 4.72. The van der Waals surface area contributed by atoms with E-state index in [-0.39, 0.29) is 6.79 Å². The summed E-state index contributed by atoms with van der Waals surface area (Å²) in [6, 6.07) is 14.2. The summed E-state index contributed by atoms with van der Waals surface area (Å²) in [6.07, 6.45) is 2.51. The zero-order valence-corrected chi connectivity index (χ0v) is 15.3. The third-order valence-electron chi connectivity index (χ3n) is 4.83. The van der Waals surface area contributed by atoms with Crippen molar-refractivity contribution >= 4 is 0 Å². The Bertz CT molecular complexity index is 1110. The summed E-state index contributed by atoms with van der Waals surface area (Å²) in [5.41, 5.74) is 5.19. The Kier molecular flexibility index (Phi) is 4.01. The number of aryl methyl sites for hydroxylation is 3. The van der Waals surface area contributed by atoms with Gasteiger partial charge in [-0.15, -0.1) is 10.2 Å².